The van der Waals surface area contributed by atoms with E-state index in [0.717, 1.165) is 37.5 Å². The SMILES string of the molecule is C=C(C)COc1ccccc1CN1CCN(C)C2(CCN(C)CC2)C1. The summed E-state index contributed by atoms with van der Waals surface area (Å²) in [5.41, 5.74) is 2.69. The van der Waals surface area contributed by atoms with Crippen molar-refractivity contribution < 1.29 is 4.74 Å². The van der Waals surface area contributed by atoms with E-state index in [1.54, 1.807) is 0 Å². The lowest BCUT2D eigenvalue weighted by Gasteiger charge is -2.53. The molecule has 4 heteroatoms. The number of piperazine rings is 1. The number of rotatable bonds is 5. The number of hydrogen-bond acceptors (Lipinski definition) is 4. The largest absolute Gasteiger partial charge is 0.489 e. The molecule has 25 heavy (non-hydrogen) atoms. The van der Waals surface area contributed by atoms with Crippen LogP contribution in [0.4, 0.5) is 0 Å². The van der Waals surface area contributed by atoms with Crippen LogP contribution in [0.2, 0.25) is 0 Å². The summed E-state index contributed by atoms with van der Waals surface area (Å²) in [6.45, 7) is 13.4. The molecule has 0 N–H and O–H groups in total. The van der Waals surface area contributed by atoms with E-state index >= 15 is 0 Å². The van der Waals surface area contributed by atoms with Crippen molar-refractivity contribution in [2.75, 3.05) is 53.4 Å². The van der Waals surface area contributed by atoms with Gasteiger partial charge in [0.2, 0.25) is 0 Å². The fraction of sp³-hybridized carbons (Fsp3) is 0.619. The molecule has 0 atom stereocenters. The van der Waals surface area contributed by atoms with Crippen LogP contribution in [0.15, 0.2) is 36.4 Å². The Kier molecular flexibility index (Phi) is 5.82. The smallest absolute Gasteiger partial charge is 0.124 e. The van der Waals surface area contributed by atoms with Crippen LogP contribution in [-0.4, -0.2) is 73.7 Å². The minimum absolute atomic E-state index is 0.346. The van der Waals surface area contributed by atoms with Crippen molar-refractivity contribution in [2.24, 2.45) is 0 Å². The molecule has 1 spiro atoms. The quantitative estimate of drug-likeness (QED) is 0.765. The van der Waals surface area contributed by atoms with Crippen LogP contribution >= 0.6 is 0 Å². The highest BCUT2D eigenvalue weighted by atomic mass is 16.5. The van der Waals surface area contributed by atoms with Gasteiger partial charge in [0.15, 0.2) is 0 Å². The Morgan fingerprint density at radius 3 is 2.56 bits per heavy atom. The van der Waals surface area contributed by atoms with Crippen molar-refractivity contribution in [1.82, 2.24) is 14.7 Å². The number of hydrogen-bond donors (Lipinski definition) is 0. The zero-order valence-corrected chi connectivity index (χ0v) is 16.1. The molecule has 2 aliphatic heterocycles. The maximum atomic E-state index is 5.97. The van der Waals surface area contributed by atoms with Crippen molar-refractivity contribution in [2.45, 2.75) is 31.8 Å². The van der Waals surface area contributed by atoms with E-state index in [1.165, 1.54) is 31.5 Å². The van der Waals surface area contributed by atoms with Crippen molar-refractivity contribution >= 4 is 0 Å². The minimum atomic E-state index is 0.346. The maximum Gasteiger partial charge on any atom is 0.124 e. The Labute approximate surface area is 153 Å². The number of para-hydroxylation sites is 1. The van der Waals surface area contributed by atoms with Gasteiger partial charge < -0.3 is 9.64 Å². The number of likely N-dealkylation sites (tertiary alicyclic amines) is 1. The highest BCUT2D eigenvalue weighted by Gasteiger charge is 2.41. The molecule has 0 unspecified atom stereocenters. The monoisotopic (exact) mass is 343 g/mol. The summed E-state index contributed by atoms with van der Waals surface area (Å²) in [6.07, 6.45) is 2.54. The molecule has 2 aliphatic rings. The molecule has 1 aromatic rings. The molecule has 0 radical (unpaired) electrons. The second-order valence-corrected chi connectivity index (χ2v) is 8.01. The number of ether oxygens (including phenoxy) is 1. The summed E-state index contributed by atoms with van der Waals surface area (Å²) in [6, 6.07) is 8.46. The summed E-state index contributed by atoms with van der Waals surface area (Å²) < 4.78 is 5.97. The molecule has 1 aromatic carbocycles. The van der Waals surface area contributed by atoms with E-state index in [4.69, 9.17) is 4.74 Å². The summed E-state index contributed by atoms with van der Waals surface area (Å²) >= 11 is 0. The molecular formula is C21H33N3O. The molecule has 0 aliphatic carbocycles. The Morgan fingerprint density at radius 1 is 1.12 bits per heavy atom. The van der Waals surface area contributed by atoms with E-state index in [0.29, 0.717) is 12.1 Å². The van der Waals surface area contributed by atoms with Gasteiger partial charge in [-0.05, 0) is 58.6 Å². The first-order chi connectivity index (χ1) is 12.0. The van der Waals surface area contributed by atoms with Gasteiger partial charge in [-0.3, -0.25) is 9.80 Å². The zero-order valence-electron chi connectivity index (χ0n) is 16.1. The lowest BCUT2D eigenvalue weighted by atomic mass is 9.83. The van der Waals surface area contributed by atoms with Gasteiger partial charge in [0.25, 0.3) is 0 Å². The predicted molar refractivity (Wildman–Crippen MR) is 104 cm³/mol. The number of piperidine rings is 1. The van der Waals surface area contributed by atoms with Crippen LogP contribution in [0.5, 0.6) is 5.75 Å². The van der Waals surface area contributed by atoms with Crippen LogP contribution in [-0.2, 0) is 6.54 Å². The molecule has 138 valence electrons. The average molecular weight is 344 g/mol. The van der Waals surface area contributed by atoms with Gasteiger partial charge >= 0.3 is 0 Å². The predicted octanol–water partition coefficient (Wildman–Crippen LogP) is 2.85. The average Bonchev–Trinajstić information content (AvgIpc) is 2.60. The number of benzene rings is 1. The minimum Gasteiger partial charge on any atom is -0.489 e. The molecule has 3 rings (SSSR count). The molecule has 0 amide bonds. The number of likely N-dealkylation sites (N-methyl/N-ethyl adjacent to an activating group) is 1. The van der Waals surface area contributed by atoms with Crippen molar-refractivity contribution in [1.29, 1.82) is 0 Å². The van der Waals surface area contributed by atoms with E-state index < -0.39 is 0 Å². The molecule has 2 saturated heterocycles. The molecule has 0 bridgehead atoms. The molecule has 4 nitrogen and oxygen atoms in total. The summed E-state index contributed by atoms with van der Waals surface area (Å²) in [5, 5.41) is 0. The molecule has 0 aromatic heterocycles. The Balaban J connectivity index is 1.68. The Morgan fingerprint density at radius 2 is 1.84 bits per heavy atom. The molecule has 0 saturated carbocycles. The third-order valence-electron chi connectivity index (χ3n) is 5.84. The third kappa shape index (κ3) is 4.43. The summed E-state index contributed by atoms with van der Waals surface area (Å²) in [5.74, 6) is 1.00. The summed E-state index contributed by atoms with van der Waals surface area (Å²) in [7, 11) is 4.55. The topological polar surface area (TPSA) is 19.0 Å². The van der Waals surface area contributed by atoms with Gasteiger partial charge in [-0.1, -0.05) is 24.8 Å². The first-order valence-corrected chi connectivity index (χ1v) is 9.46. The van der Waals surface area contributed by atoms with Gasteiger partial charge in [0.05, 0.1) is 0 Å². The van der Waals surface area contributed by atoms with Crippen molar-refractivity contribution in [3.63, 3.8) is 0 Å². The highest BCUT2D eigenvalue weighted by molar-refractivity contribution is 5.33. The lowest BCUT2D eigenvalue weighted by molar-refractivity contribution is -0.0259. The van der Waals surface area contributed by atoms with Crippen LogP contribution in [0, 0.1) is 0 Å². The van der Waals surface area contributed by atoms with Crippen LogP contribution in [0.3, 0.4) is 0 Å². The zero-order chi connectivity index (χ0) is 17.9. The van der Waals surface area contributed by atoms with Crippen LogP contribution in [0.1, 0.15) is 25.3 Å². The normalized spacial score (nSPS) is 22.2. The molecular weight excluding hydrogens is 310 g/mol. The van der Waals surface area contributed by atoms with Gasteiger partial charge in [-0.25, -0.2) is 0 Å². The summed E-state index contributed by atoms with van der Waals surface area (Å²) in [4.78, 5) is 7.69. The van der Waals surface area contributed by atoms with Gasteiger partial charge in [0, 0.05) is 37.3 Å². The number of nitrogens with zero attached hydrogens (tertiary/aromatic N) is 3. The van der Waals surface area contributed by atoms with Gasteiger partial charge in [-0.2, -0.15) is 0 Å². The van der Waals surface area contributed by atoms with Gasteiger partial charge in [-0.15, -0.1) is 0 Å². The van der Waals surface area contributed by atoms with E-state index in [2.05, 4.69) is 59.6 Å². The highest BCUT2D eigenvalue weighted by Crippen LogP contribution is 2.32. The first kappa shape index (κ1) is 18.4. The van der Waals surface area contributed by atoms with Gasteiger partial charge in [0.1, 0.15) is 12.4 Å². The third-order valence-corrected chi connectivity index (χ3v) is 5.84. The van der Waals surface area contributed by atoms with Crippen molar-refractivity contribution in [3.8, 4) is 5.75 Å². The standard InChI is InChI=1S/C21H33N3O/c1-18(2)16-25-20-8-6-5-7-19(20)15-24-14-13-23(4)21(17-24)9-11-22(3)12-10-21/h5-8H,1,9-17H2,2-4H3. The maximum absolute atomic E-state index is 5.97. The van der Waals surface area contributed by atoms with Crippen molar-refractivity contribution in [3.05, 3.63) is 42.0 Å². The van der Waals surface area contributed by atoms with E-state index in [-0.39, 0.29) is 0 Å². The fourth-order valence-electron chi connectivity index (χ4n) is 4.07. The van der Waals surface area contributed by atoms with E-state index in [1.807, 2.05) is 6.92 Å². The fourth-order valence-corrected chi connectivity index (χ4v) is 4.07. The van der Waals surface area contributed by atoms with Crippen LogP contribution in [0.25, 0.3) is 0 Å². The second kappa shape index (κ2) is 7.90. The molecule has 2 fully saturated rings. The Bertz CT molecular complexity index is 593. The first-order valence-electron chi connectivity index (χ1n) is 9.46. The lowest BCUT2D eigenvalue weighted by Crippen LogP contribution is -2.63. The molecule has 2 heterocycles. The van der Waals surface area contributed by atoms with Crippen LogP contribution < -0.4 is 4.74 Å². The second-order valence-electron chi connectivity index (χ2n) is 8.01. The van der Waals surface area contributed by atoms with E-state index in [9.17, 15) is 0 Å². The Hall–Kier alpha value is -1.36.